The number of benzene rings is 2. The van der Waals surface area contributed by atoms with Crippen LogP contribution in [0.25, 0.3) is 11.8 Å². The van der Waals surface area contributed by atoms with Gasteiger partial charge < -0.3 is 4.57 Å². The quantitative estimate of drug-likeness (QED) is 0.246. The van der Waals surface area contributed by atoms with Crippen molar-refractivity contribution in [1.29, 1.82) is 0 Å². The maximum absolute atomic E-state index is 12.9. The number of thioether (sulfide) groups is 1. The van der Waals surface area contributed by atoms with E-state index in [1.165, 1.54) is 4.90 Å². The summed E-state index contributed by atoms with van der Waals surface area (Å²) in [5.74, 6) is -0.313. The van der Waals surface area contributed by atoms with Crippen molar-refractivity contribution < 1.29 is 14.4 Å². The molecule has 0 N–H and O–H groups in total. The van der Waals surface area contributed by atoms with Gasteiger partial charge in [-0.3, -0.25) is 14.4 Å². The molecule has 4 rings (SSSR count). The Bertz CT molecular complexity index is 1210. The topological polar surface area (TPSA) is 59.4 Å². The number of carbonyl (C=O) groups is 3. The molecule has 3 aromatic rings. The van der Waals surface area contributed by atoms with Gasteiger partial charge >= 0.3 is 0 Å². The molecule has 0 saturated carbocycles. The van der Waals surface area contributed by atoms with Crippen LogP contribution in [0.15, 0.2) is 59.5 Å². The van der Waals surface area contributed by atoms with E-state index >= 15 is 0 Å². The van der Waals surface area contributed by atoms with Crippen molar-refractivity contribution in [2.24, 2.45) is 0 Å². The standard InChI is InChI=1S/C23H17IN2O3S/c1-14-10-17(15(2)25(14)19-8-6-16(13-27)7-9-19)11-21-22(28)26(23(29)30-21)20-5-3-4-18(24)12-20/h3-13H,1-2H3. The SMILES string of the molecule is Cc1cc(C=C2SC(=O)N(c3cccc(I)c3)C2=O)c(C)n1-c1ccc(C=O)cc1. The Morgan fingerprint density at radius 2 is 1.70 bits per heavy atom. The fourth-order valence-corrected chi connectivity index (χ4v) is 4.84. The number of aldehydes is 1. The summed E-state index contributed by atoms with van der Waals surface area (Å²) < 4.78 is 3.02. The van der Waals surface area contributed by atoms with Crippen LogP contribution in [0.5, 0.6) is 0 Å². The number of nitrogens with zero attached hydrogens (tertiary/aromatic N) is 2. The molecule has 1 saturated heterocycles. The van der Waals surface area contributed by atoms with Gasteiger partial charge in [-0.25, -0.2) is 4.90 Å². The van der Waals surface area contributed by atoms with Crippen molar-refractivity contribution in [3.63, 3.8) is 0 Å². The summed E-state index contributed by atoms with van der Waals surface area (Å²) in [5.41, 5.74) is 4.95. The van der Waals surface area contributed by atoms with Crippen molar-refractivity contribution in [3.8, 4) is 5.69 Å². The van der Waals surface area contributed by atoms with E-state index in [0.717, 1.165) is 44.3 Å². The van der Waals surface area contributed by atoms with Crippen molar-refractivity contribution in [3.05, 3.63) is 85.6 Å². The second-order valence-electron chi connectivity index (χ2n) is 6.87. The van der Waals surface area contributed by atoms with E-state index < -0.39 is 0 Å². The van der Waals surface area contributed by atoms with Crippen LogP contribution in [0.2, 0.25) is 0 Å². The average molecular weight is 528 g/mol. The van der Waals surface area contributed by atoms with Crippen LogP contribution in [0.1, 0.15) is 27.3 Å². The number of hydrogen-bond donors (Lipinski definition) is 0. The van der Waals surface area contributed by atoms with Gasteiger partial charge in [0, 0.05) is 26.2 Å². The van der Waals surface area contributed by atoms with Crippen LogP contribution in [-0.4, -0.2) is 22.0 Å². The second kappa shape index (κ2) is 8.23. The first-order valence-corrected chi connectivity index (χ1v) is 11.1. The van der Waals surface area contributed by atoms with E-state index in [9.17, 15) is 14.4 Å². The highest BCUT2D eigenvalue weighted by Crippen LogP contribution is 2.37. The maximum atomic E-state index is 12.9. The predicted molar refractivity (Wildman–Crippen MR) is 128 cm³/mol. The molecule has 5 nitrogen and oxygen atoms in total. The average Bonchev–Trinajstić information content (AvgIpc) is 3.16. The highest BCUT2D eigenvalue weighted by Gasteiger charge is 2.36. The number of hydrogen-bond acceptors (Lipinski definition) is 4. The number of anilines is 1. The zero-order chi connectivity index (χ0) is 21.4. The highest BCUT2D eigenvalue weighted by molar-refractivity contribution is 14.1. The molecule has 0 atom stereocenters. The zero-order valence-electron chi connectivity index (χ0n) is 16.3. The fraction of sp³-hybridized carbons (Fsp3) is 0.0870. The lowest BCUT2D eigenvalue weighted by atomic mass is 10.2. The van der Waals surface area contributed by atoms with Gasteiger partial charge in [-0.2, -0.15) is 0 Å². The maximum Gasteiger partial charge on any atom is 0.298 e. The number of rotatable bonds is 4. The Labute approximate surface area is 191 Å². The molecule has 30 heavy (non-hydrogen) atoms. The van der Waals surface area contributed by atoms with Gasteiger partial charge in [0.25, 0.3) is 11.1 Å². The molecule has 0 aliphatic carbocycles. The van der Waals surface area contributed by atoms with Gasteiger partial charge in [0.05, 0.1) is 10.6 Å². The lowest BCUT2D eigenvalue weighted by molar-refractivity contribution is -0.113. The minimum atomic E-state index is -0.313. The van der Waals surface area contributed by atoms with E-state index in [0.29, 0.717) is 16.2 Å². The normalized spacial score (nSPS) is 15.3. The number of aromatic nitrogens is 1. The minimum Gasteiger partial charge on any atom is -0.318 e. The molecular formula is C23H17IN2O3S. The third-order valence-electron chi connectivity index (χ3n) is 4.90. The third-order valence-corrected chi connectivity index (χ3v) is 6.44. The van der Waals surface area contributed by atoms with Crippen LogP contribution in [-0.2, 0) is 4.79 Å². The minimum absolute atomic E-state index is 0.300. The first-order valence-electron chi connectivity index (χ1n) is 9.17. The lowest BCUT2D eigenvalue weighted by Gasteiger charge is -2.12. The summed E-state index contributed by atoms with van der Waals surface area (Å²) in [6.07, 6.45) is 2.59. The first-order chi connectivity index (χ1) is 14.4. The van der Waals surface area contributed by atoms with E-state index in [1.807, 2.05) is 50.2 Å². The van der Waals surface area contributed by atoms with Crippen LogP contribution >= 0.6 is 34.4 Å². The van der Waals surface area contributed by atoms with Crippen molar-refractivity contribution >= 4 is 63.5 Å². The van der Waals surface area contributed by atoms with Crippen molar-refractivity contribution in [2.45, 2.75) is 13.8 Å². The second-order valence-corrected chi connectivity index (χ2v) is 9.11. The third kappa shape index (κ3) is 3.75. The van der Waals surface area contributed by atoms with Gasteiger partial charge in [0.1, 0.15) is 6.29 Å². The molecule has 2 aromatic carbocycles. The van der Waals surface area contributed by atoms with Crippen molar-refractivity contribution in [1.82, 2.24) is 4.57 Å². The van der Waals surface area contributed by atoms with Crippen LogP contribution in [0.4, 0.5) is 10.5 Å². The largest absolute Gasteiger partial charge is 0.318 e. The molecule has 0 bridgehead atoms. The summed E-state index contributed by atoms with van der Waals surface area (Å²) in [7, 11) is 0. The zero-order valence-corrected chi connectivity index (χ0v) is 19.2. The molecule has 150 valence electrons. The number of imide groups is 1. The smallest absolute Gasteiger partial charge is 0.298 e. The lowest BCUT2D eigenvalue weighted by Crippen LogP contribution is -2.27. The highest BCUT2D eigenvalue weighted by atomic mass is 127. The van der Waals surface area contributed by atoms with E-state index in [2.05, 4.69) is 27.2 Å². The van der Waals surface area contributed by atoms with Gasteiger partial charge in [-0.05, 0) is 108 Å². The molecule has 7 heteroatoms. The Hall–Kier alpha value is -2.65. The number of amides is 2. The molecule has 2 amide bonds. The Morgan fingerprint density at radius 1 is 0.967 bits per heavy atom. The molecule has 1 aromatic heterocycles. The monoisotopic (exact) mass is 528 g/mol. The summed E-state index contributed by atoms with van der Waals surface area (Å²) in [6, 6.07) is 16.6. The van der Waals surface area contributed by atoms with Gasteiger partial charge in [0.2, 0.25) is 0 Å². The Balaban J connectivity index is 1.69. The van der Waals surface area contributed by atoms with Crippen LogP contribution in [0.3, 0.4) is 0 Å². The van der Waals surface area contributed by atoms with Crippen LogP contribution in [0, 0.1) is 17.4 Å². The fourth-order valence-electron chi connectivity index (χ4n) is 3.48. The number of halogens is 1. The van der Waals surface area contributed by atoms with Gasteiger partial charge in [-0.1, -0.05) is 6.07 Å². The Kier molecular flexibility index (Phi) is 5.66. The molecule has 1 aliphatic rings. The van der Waals surface area contributed by atoms with E-state index in [1.54, 1.807) is 24.3 Å². The summed E-state index contributed by atoms with van der Waals surface area (Å²) in [6.45, 7) is 3.95. The molecule has 0 spiro atoms. The van der Waals surface area contributed by atoms with Crippen molar-refractivity contribution in [2.75, 3.05) is 4.90 Å². The predicted octanol–water partition coefficient (Wildman–Crippen LogP) is 5.75. The summed E-state index contributed by atoms with van der Waals surface area (Å²) in [5, 5.41) is -0.300. The summed E-state index contributed by atoms with van der Waals surface area (Å²) >= 11 is 3.11. The molecule has 1 fully saturated rings. The molecular weight excluding hydrogens is 511 g/mol. The first kappa shape index (κ1) is 20.6. The van der Waals surface area contributed by atoms with Crippen LogP contribution < -0.4 is 4.90 Å². The number of carbonyl (C=O) groups excluding carboxylic acids is 3. The Morgan fingerprint density at radius 3 is 2.37 bits per heavy atom. The summed E-state index contributed by atoms with van der Waals surface area (Å²) in [4.78, 5) is 38.0. The van der Waals surface area contributed by atoms with E-state index in [-0.39, 0.29) is 11.1 Å². The van der Waals surface area contributed by atoms with Gasteiger partial charge in [0.15, 0.2) is 0 Å². The van der Waals surface area contributed by atoms with Gasteiger partial charge in [-0.15, -0.1) is 0 Å². The molecule has 2 heterocycles. The molecule has 0 radical (unpaired) electrons. The van der Waals surface area contributed by atoms with E-state index in [4.69, 9.17) is 0 Å². The number of aryl methyl sites for hydroxylation is 1. The molecule has 0 unspecified atom stereocenters. The molecule has 1 aliphatic heterocycles.